The van der Waals surface area contributed by atoms with Gasteiger partial charge in [0.05, 0.1) is 22.5 Å². The molecule has 4 rings (SSSR count). The van der Waals surface area contributed by atoms with Gasteiger partial charge in [0.1, 0.15) is 17.6 Å². The molecule has 1 amide bonds. The molecule has 1 atom stereocenters. The maximum absolute atomic E-state index is 12.3. The lowest BCUT2D eigenvalue weighted by Gasteiger charge is -2.16. The lowest BCUT2D eigenvalue weighted by atomic mass is 10.1. The van der Waals surface area contributed by atoms with Crippen molar-refractivity contribution in [1.29, 1.82) is 0 Å². The number of halogens is 1. The van der Waals surface area contributed by atoms with Crippen molar-refractivity contribution in [3.63, 3.8) is 0 Å². The molecular weight excluding hydrogens is 568 g/mol. The molecule has 0 fully saturated rings. The van der Waals surface area contributed by atoms with Crippen molar-refractivity contribution in [2.45, 2.75) is 30.7 Å². The summed E-state index contributed by atoms with van der Waals surface area (Å²) in [5, 5.41) is 12.3. The van der Waals surface area contributed by atoms with Crippen molar-refractivity contribution in [3.8, 4) is 17.2 Å². The van der Waals surface area contributed by atoms with Crippen molar-refractivity contribution in [1.82, 2.24) is 10.3 Å². The Hall–Kier alpha value is -3.56. The number of rotatable bonds is 12. The summed E-state index contributed by atoms with van der Waals surface area (Å²) in [6.07, 6.45) is 0.723. The first-order chi connectivity index (χ1) is 18.4. The minimum absolute atomic E-state index is 0.141. The molecule has 2 N–H and O–H groups in total. The molecule has 0 aliphatic rings. The van der Waals surface area contributed by atoms with Gasteiger partial charge in [0.25, 0.3) is 0 Å². The van der Waals surface area contributed by atoms with Gasteiger partial charge in [-0.3, -0.25) is 4.79 Å². The monoisotopic (exact) mass is 594 g/mol. The predicted molar refractivity (Wildman–Crippen MR) is 150 cm³/mol. The van der Waals surface area contributed by atoms with Crippen LogP contribution in [0.5, 0.6) is 5.75 Å². The fourth-order valence-electron chi connectivity index (χ4n) is 3.75. The minimum Gasteiger partial charge on any atom is -0.492 e. The van der Waals surface area contributed by atoms with Gasteiger partial charge in [0.15, 0.2) is 0 Å². The third-order valence-electron chi connectivity index (χ3n) is 5.69. The molecule has 0 aliphatic carbocycles. The largest absolute Gasteiger partial charge is 0.492 e. The zero-order chi connectivity index (χ0) is 26.9. The van der Waals surface area contributed by atoms with E-state index in [4.69, 9.17) is 9.15 Å². The highest BCUT2D eigenvalue weighted by Crippen LogP contribution is 2.27. The van der Waals surface area contributed by atoms with Gasteiger partial charge >= 0.3 is 5.97 Å². The van der Waals surface area contributed by atoms with E-state index in [2.05, 4.69) is 26.2 Å². The molecule has 196 valence electrons. The fraction of sp³-hybridized carbons (Fsp3) is 0.207. The number of hydrogen-bond acceptors (Lipinski definition) is 6. The second kappa shape index (κ2) is 13.3. The average molecular weight is 596 g/mol. The van der Waals surface area contributed by atoms with Gasteiger partial charge in [-0.15, -0.1) is 11.8 Å². The van der Waals surface area contributed by atoms with Crippen LogP contribution in [0.25, 0.3) is 11.5 Å². The Labute approximate surface area is 233 Å². The van der Waals surface area contributed by atoms with E-state index in [0.717, 1.165) is 27.5 Å². The van der Waals surface area contributed by atoms with Crippen molar-refractivity contribution in [3.05, 3.63) is 100 Å². The van der Waals surface area contributed by atoms with Crippen molar-refractivity contribution in [2.24, 2.45) is 0 Å². The molecule has 38 heavy (non-hydrogen) atoms. The standard InChI is InChI=1S/C29H27BrN2O5S/c1-19-24(32-28(37-19)21-8-4-2-5-9-21)14-15-36-26-13-12-20(16-23(26)30)17-25(29(34)35)31-27(33)18-38-22-10-6-3-7-11-22/h2-13,16,25H,14-15,17-18H2,1H3,(H,31,33)(H,34,35)/t25-/m0/s1. The lowest BCUT2D eigenvalue weighted by molar-refractivity contribution is -0.141. The van der Waals surface area contributed by atoms with E-state index in [1.165, 1.54) is 11.8 Å². The molecule has 1 heterocycles. The van der Waals surface area contributed by atoms with Crippen molar-refractivity contribution in [2.75, 3.05) is 12.4 Å². The molecule has 0 saturated heterocycles. The number of aliphatic carboxylic acids is 1. The van der Waals surface area contributed by atoms with Crippen LogP contribution >= 0.6 is 27.7 Å². The maximum atomic E-state index is 12.3. The van der Waals surface area contributed by atoms with Gasteiger partial charge in [-0.25, -0.2) is 9.78 Å². The second-order valence-corrected chi connectivity index (χ2v) is 10.4. The van der Waals surface area contributed by atoms with Gasteiger partial charge in [0, 0.05) is 23.3 Å². The molecule has 0 aliphatic heterocycles. The van der Waals surface area contributed by atoms with Gasteiger partial charge in [-0.1, -0.05) is 42.5 Å². The fourth-order valence-corrected chi connectivity index (χ4v) is 5.02. The molecule has 7 nitrogen and oxygen atoms in total. The number of carboxylic acids is 1. The summed E-state index contributed by atoms with van der Waals surface area (Å²) < 4.78 is 12.4. The van der Waals surface area contributed by atoms with Crippen LogP contribution in [0, 0.1) is 6.92 Å². The Morgan fingerprint density at radius 1 is 1.08 bits per heavy atom. The number of nitrogens with one attached hydrogen (secondary N) is 1. The van der Waals surface area contributed by atoms with Crippen LogP contribution in [-0.4, -0.2) is 40.4 Å². The highest BCUT2D eigenvalue weighted by molar-refractivity contribution is 9.10. The van der Waals surface area contributed by atoms with Crippen LogP contribution in [-0.2, 0) is 22.4 Å². The van der Waals surface area contributed by atoms with E-state index in [1.807, 2.05) is 73.7 Å². The third-order valence-corrected chi connectivity index (χ3v) is 7.32. The topological polar surface area (TPSA) is 102 Å². The first kappa shape index (κ1) is 27.5. The van der Waals surface area contributed by atoms with E-state index in [0.29, 0.717) is 29.1 Å². The lowest BCUT2D eigenvalue weighted by Crippen LogP contribution is -2.43. The maximum Gasteiger partial charge on any atom is 0.326 e. The van der Waals surface area contributed by atoms with E-state index in [-0.39, 0.29) is 18.1 Å². The highest BCUT2D eigenvalue weighted by Gasteiger charge is 2.21. The Kier molecular flexibility index (Phi) is 9.62. The summed E-state index contributed by atoms with van der Waals surface area (Å²) in [6.45, 7) is 2.28. The first-order valence-electron chi connectivity index (χ1n) is 12.0. The van der Waals surface area contributed by atoms with Crippen molar-refractivity contribution >= 4 is 39.6 Å². The number of thioether (sulfide) groups is 1. The van der Waals surface area contributed by atoms with Crippen LogP contribution in [0.15, 0.2) is 92.6 Å². The number of benzene rings is 3. The number of aryl methyl sites for hydroxylation is 1. The van der Waals surface area contributed by atoms with Gasteiger partial charge in [-0.05, 0) is 64.8 Å². The normalized spacial score (nSPS) is 11.6. The quantitative estimate of drug-likeness (QED) is 0.196. The van der Waals surface area contributed by atoms with E-state index in [1.54, 1.807) is 12.1 Å². The van der Waals surface area contributed by atoms with Crippen LogP contribution < -0.4 is 10.1 Å². The second-order valence-electron chi connectivity index (χ2n) is 8.52. The zero-order valence-electron chi connectivity index (χ0n) is 20.7. The van der Waals surface area contributed by atoms with E-state index in [9.17, 15) is 14.7 Å². The molecule has 0 radical (unpaired) electrons. The summed E-state index contributed by atoms with van der Waals surface area (Å²) in [4.78, 5) is 29.7. The SMILES string of the molecule is Cc1oc(-c2ccccc2)nc1CCOc1ccc(C[C@H](NC(=O)CSc2ccccc2)C(=O)O)cc1Br. The molecule has 0 saturated carbocycles. The number of amides is 1. The highest BCUT2D eigenvalue weighted by atomic mass is 79.9. The number of hydrogen-bond donors (Lipinski definition) is 2. The van der Waals surface area contributed by atoms with Crippen molar-refractivity contribution < 1.29 is 23.8 Å². The average Bonchev–Trinajstić information content (AvgIpc) is 3.29. The number of ether oxygens (including phenoxy) is 1. The Morgan fingerprint density at radius 2 is 1.79 bits per heavy atom. The number of nitrogens with zero attached hydrogens (tertiary/aromatic N) is 1. The summed E-state index contributed by atoms with van der Waals surface area (Å²) >= 11 is 4.87. The number of aromatic nitrogens is 1. The first-order valence-corrected chi connectivity index (χ1v) is 13.8. The molecule has 0 spiro atoms. The molecule has 0 unspecified atom stereocenters. The summed E-state index contributed by atoms with van der Waals surface area (Å²) in [7, 11) is 0. The van der Waals surface area contributed by atoms with Gasteiger partial charge < -0.3 is 19.6 Å². The van der Waals surface area contributed by atoms with Crippen LogP contribution in [0.1, 0.15) is 17.0 Å². The minimum atomic E-state index is -1.09. The van der Waals surface area contributed by atoms with Crippen LogP contribution in [0.3, 0.4) is 0 Å². The molecule has 9 heteroatoms. The number of carboxylic acid groups (broad SMARTS) is 1. The molecule has 0 bridgehead atoms. The predicted octanol–water partition coefficient (Wildman–Crippen LogP) is 5.94. The number of carbonyl (C=O) groups is 2. The molecule has 1 aromatic heterocycles. The smallest absolute Gasteiger partial charge is 0.326 e. The van der Waals surface area contributed by atoms with E-state index < -0.39 is 12.0 Å². The summed E-state index contributed by atoms with van der Waals surface area (Å²) in [6, 6.07) is 23.6. The summed E-state index contributed by atoms with van der Waals surface area (Å²) in [5.74, 6) is 0.699. The number of carbonyl (C=O) groups excluding carboxylic acids is 1. The Morgan fingerprint density at radius 3 is 2.47 bits per heavy atom. The molecular formula is C29H27BrN2O5S. The summed E-state index contributed by atoms with van der Waals surface area (Å²) in [5.41, 5.74) is 2.52. The Balaban J connectivity index is 1.29. The van der Waals surface area contributed by atoms with Gasteiger partial charge in [-0.2, -0.15) is 0 Å². The number of oxazole rings is 1. The molecule has 4 aromatic rings. The van der Waals surface area contributed by atoms with Gasteiger partial charge in [0.2, 0.25) is 11.8 Å². The van der Waals surface area contributed by atoms with Crippen LogP contribution in [0.2, 0.25) is 0 Å². The third kappa shape index (κ3) is 7.72. The molecule has 3 aromatic carbocycles. The van der Waals surface area contributed by atoms with E-state index >= 15 is 0 Å². The Bertz CT molecular complexity index is 1380. The zero-order valence-corrected chi connectivity index (χ0v) is 23.1. The van der Waals surface area contributed by atoms with Crippen LogP contribution in [0.4, 0.5) is 0 Å².